The maximum absolute atomic E-state index is 11.8. The van der Waals surface area contributed by atoms with Crippen LogP contribution in [-0.2, 0) is 18.3 Å². The fourth-order valence-corrected chi connectivity index (χ4v) is 2.80. The van der Waals surface area contributed by atoms with E-state index in [1.165, 1.54) is 10.9 Å². The van der Waals surface area contributed by atoms with Crippen molar-refractivity contribution in [1.82, 2.24) is 19.5 Å². The van der Waals surface area contributed by atoms with Crippen LogP contribution in [0.2, 0.25) is 0 Å². The number of fused-ring (bicyclic) bond motifs is 2. The first-order valence-electron chi connectivity index (χ1n) is 7.64. The standard InChI is InChI=1S/C15H15BN6O3/c1-21-13-12(20-15(21)23)14(18-8-17-13)22(2)19-6-9-3-4-11-10(5-9)7-25-16(11)24/h3-6,8,24H,7H2,1-2H3,(H,20,23)/b19-6+. The van der Waals surface area contributed by atoms with Gasteiger partial charge in [0.2, 0.25) is 0 Å². The molecule has 3 heterocycles. The molecule has 1 aromatic carbocycles. The fraction of sp³-hybridized carbons (Fsp3) is 0.200. The van der Waals surface area contributed by atoms with E-state index >= 15 is 0 Å². The second-order valence-electron chi connectivity index (χ2n) is 5.77. The molecular weight excluding hydrogens is 323 g/mol. The summed E-state index contributed by atoms with van der Waals surface area (Å²) in [6.45, 7) is 0.381. The zero-order chi connectivity index (χ0) is 17.6. The van der Waals surface area contributed by atoms with Crippen LogP contribution >= 0.6 is 0 Å². The van der Waals surface area contributed by atoms with Crippen LogP contribution < -0.4 is 16.2 Å². The number of imidazole rings is 1. The quantitative estimate of drug-likeness (QED) is 0.373. The van der Waals surface area contributed by atoms with E-state index < -0.39 is 7.12 Å². The highest BCUT2D eigenvalue weighted by molar-refractivity contribution is 6.61. The van der Waals surface area contributed by atoms with Crippen LogP contribution in [0, 0.1) is 0 Å². The highest BCUT2D eigenvalue weighted by atomic mass is 16.5. The molecule has 0 fully saturated rings. The normalized spacial score (nSPS) is 13.8. The van der Waals surface area contributed by atoms with Gasteiger partial charge in [0.1, 0.15) is 11.8 Å². The summed E-state index contributed by atoms with van der Waals surface area (Å²) in [5.74, 6) is 0.499. The lowest BCUT2D eigenvalue weighted by atomic mass is 9.79. The van der Waals surface area contributed by atoms with E-state index in [2.05, 4.69) is 20.1 Å². The number of benzene rings is 1. The Bertz CT molecular complexity index is 1040. The van der Waals surface area contributed by atoms with Crippen molar-refractivity contribution in [3.05, 3.63) is 46.1 Å². The van der Waals surface area contributed by atoms with Gasteiger partial charge in [0.05, 0.1) is 12.8 Å². The molecule has 3 aromatic rings. The molecule has 2 N–H and O–H groups in total. The predicted octanol–water partition coefficient (Wildman–Crippen LogP) is -0.655. The average molecular weight is 338 g/mol. The third-order valence-electron chi connectivity index (χ3n) is 4.18. The van der Waals surface area contributed by atoms with Gasteiger partial charge in [-0.25, -0.2) is 19.8 Å². The molecule has 0 unspecified atom stereocenters. The zero-order valence-electron chi connectivity index (χ0n) is 13.7. The van der Waals surface area contributed by atoms with Crippen LogP contribution in [0.5, 0.6) is 0 Å². The van der Waals surface area contributed by atoms with Gasteiger partial charge in [-0.2, -0.15) is 5.10 Å². The number of hydrogen-bond acceptors (Lipinski definition) is 7. The van der Waals surface area contributed by atoms with Crippen LogP contribution in [0.25, 0.3) is 11.2 Å². The van der Waals surface area contributed by atoms with Gasteiger partial charge >= 0.3 is 12.8 Å². The minimum Gasteiger partial charge on any atom is -0.423 e. The van der Waals surface area contributed by atoms with Gasteiger partial charge in [-0.1, -0.05) is 12.1 Å². The Labute approximate surface area is 142 Å². The topological polar surface area (TPSA) is 109 Å². The molecule has 25 heavy (non-hydrogen) atoms. The Balaban J connectivity index is 1.64. The van der Waals surface area contributed by atoms with Gasteiger partial charge in [-0.05, 0) is 22.7 Å². The van der Waals surface area contributed by atoms with Crippen molar-refractivity contribution in [2.24, 2.45) is 12.1 Å². The Hall–Kier alpha value is -2.98. The van der Waals surface area contributed by atoms with Crippen molar-refractivity contribution in [3.63, 3.8) is 0 Å². The number of H-pyrrole nitrogens is 1. The van der Waals surface area contributed by atoms with Gasteiger partial charge in [-0.15, -0.1) is 0 Å². The Morgan fingerprint density at radius 2 is 2.32 bits per heavy atom. The van der Waals surface area contributed by atoms with Gasteiger partial charge in [0, 0.05) is 14.1 Å². The summed E-state index contributed by atoms with van der Waals surface area (Å²) in [5, 5.41) is 15.6. The monoisotopic (exact) mass is 338 g/mol. The summed E-state index contributed by atoms with van der Waals surface area (Å²) in [4.78, 5) is 22.8. The van der Waals surface area contributed by atoms with E-state index in [1.807, 2.05) is 18.2 Å². The maximum atomic E-state index is 11.8. The van der Waals surface area contributed by atoms with Crippen LogP contribution in [0.4, 0.5) is 5.82 Å². The molecule has 0 saturated carbocycles. The third-order valence-corrected chi connectivity index (χ3v) is 4.18. The SMILES string of the molecule is CN(/N=C/c1ccc2c(c1)COB2O)c1ncnc2c1[nH]c(=O)n2C. The highest BCUT2D eigenvalue weighted by Gasteiger charge is 2.26. The van der Waals surface area contributed by atoms with Gasteiger partial charge in [0.25, 0.3) is 0 Å². The largest absolute Gasteiger partial charge is 0.491 e. The van der Waals surface area contributed by atoms with Crippen LogP contribution in [0.15, 0.2) is 34.4 Å². The smallest absolute Gasteiger partial charge is 0.423 e. The molecule has 10 heteroatoms. The number of hydrazone groups is 1. The van der Waals surface area contributed by atoms with Crippen molar-refractivity contribution in [2.45, 2.75) is 6.61 Å². The fourth-order valence-electron chi connectivity index (χ4n) is 2.80. The van der Waals surface area contributed by atoms with Gasteiger partial charge in [0.15, 0.2) is 11.5 Å². The molecule has 2 aromatic heterocycles. The number of nitrogens with zero attached hydrogens (tertiary/aromatic N) is 5. The van der Waals surface area contributed by atoms with Crippen LogP contribution in [0.3, 0.4) is 0 Å². The molecule has 1 aliphatic heterocycles. The first-order chi connectivity index (χ1) is 12.0. The summed E-state index contributed by atoms with van der Waals surface area (Å²) in [6, 6.07) is 5.60. The second kappa shape index (κ2) is 5.83. The number of aromatic amines is 1. The lowest BCUT2D eigenvalue weighted by Crippen LogP contribution is -2.27. The molecule has 0 bridgehead atoms. The summed E-state index contributed by atoms with van der Waals surface area (Å²) in [5.41, 5.74) is 3.38. The number of aromatic nitrogens is 4. The Morgan fingerprint density at radius 3 is 3.16 bits per heavy atom. The van der Waals surface area contributed by atoms with E-state index in [9.17, 15) is 9.82 Å². The lowest BCUT2D eigenvalue weighted by Gasteiger charge is -2.11. The zero-order valence-corrected chi connectivity index (χ0v) is 13.7. The van der Waals surface area contributed by atoms with Crippen molar-refractivity contribution in [1.29, 1.82) is 0 Å². The molecule has 0 atom stereocenters. The molecule has 4 rings (SSSR count). The summed E-state index contributed by atoms with van der Waals surface area (Å²) >= 11 is 0. The lowest BCUT2D eigenvalue weighted by molar-refractivity contribution is 0.275. The van der Waals surface area contributed by atoms with E-state index in [-0.39, 0.29) is 5.69 Å². The summed E-state index contributed by atoms with van der Waals surface area (Å²) < 4.78 is 6.60. The maximum Gasteiger partial charge on any atom is 0.491 e. The van der Waals surface area contributed by atoms with Crippen molar-refractivity contribution in [3.8, 4) is 0 Å². The van der Waals surface area contributed by atoms with E-state index in [0.717, 1.165) is 16.6 Å². The van der Waals surface area contributed by atoms with Crippen molar-refractivity contribution < 1.29 is 9.68 Å². The molecule has 0 saturated heterocycles. The van der Waals surface area contributed by atoms with Crippen LogP contribution in [0.1, 0.15) is 11.1 Å². The molecular formula is C15H15BN6O3. The first kappa shape index (κ1) is 15.5. The molecule has 126 valence electrons. The van der Waals surface area contributed by atoms with E-state index in [1.54, 1.807) is 25.3 Å². The van der Waals surface area contributed by atoms with Gasteiger partial charge in [-0.3, -0.25) is 4.57 Å². The molecule has 0 radical (unpaired) electrons. The molecule has 0 aliphatic carbocycles. The van der Waals surface area contributed by atoms with Crippen LogP contribution in [-0.4, -0.2) is 44.9 Å². The Kier molecular flexibility index (Phi) is 3.63. The molecule has 0 spiro atoms. The highest BCUT2D eigenvalue weighted by Crippen LogP contribution is 2.18. The molecule has 1 aliphatic rings. The third kappa shape index (κ3) is 2.61. The van der Waals surface area contributed by atoms with Gasteiger partial charge < -0.3 is 14.7 Å². The minimum absolute atomic E-state index is 0.258. The Morgan fingerprint density at radius 1 is 1.48 bits per heavy atom. The van der Waals surface area contributed by atoms with Crippen molar-refractivity contribution >= 4 is 35.8 Å². The summed E-state index contributed by atoms with van der Waals surface area (Å²) in [6.07, 6.45) is 3.07. The second-order valence-corrected chi connectivity index (χ2v) is 5.77. The number of nitrogens with one attached hydrogen (secondary N) is 1. The minimum atomic E-state index is -0.854. The van der Waals surface area contributed by atoms with Crippen molar-refractivity contribution in [2.75, 3.05) is 12.1 Å². The predicted molar refractivity (Wildman–Crippen MR) is 94.0 cm³/mol. The average Bonchev–Trinajstić information content (AvgIpc) is 3.13. The van der Waals surface area contributed by atoms with E-state index in [4.69, 9.17) is 4.65 Å². The molecule has 9 nitrogen and oxygen atoms in total. The number of anilines is 1. The van der Waals surface area contributed by atoms with E-state index in [0.29, 0.717) is 23.6 Å². The number of aryl methyl sites for hydroxylation is 1. The number of rotatable bonds is 3. The number of hydrogen-bond donors (Lipinski definition) is 2. The molecule has 0 amide bonds. The first-order valence-corrected chi connectivity index (χ1v) is 7.64. The summed E-state index contributed by atoms with van der Waals surface area (Å²) in [7, 11) is 2.53.